The number of aryl methyl sites for hydroxylation is 1. The van der Waals surface area contributed by atoms with Crippen molar-refractivity contribution >= 4 is 74.4 Å². The van der Waals surface area contributed by atoms with Gasteiger partial charge in [0.15, 0.2) is 5.65 Å². The van der Waals surface area contributed by atoms with Crippen molar-refractivity contribution < 1.29 is 9.53 Å². The summed E-state index contributed by atoms with van der Waals surface area (Å²) >= 11 is 4.04. The number of anilines is 3. The molecule has 2 unspecified atom stereocenters. The summed E-state index contributed by atoms with van der Waals surface area (Å²) in [5.74, 6) is 1.64. The highest BCUT2D eigenvalue weighted by Crippen LogP contribution is 2.39. The fourth-order valence-electron chi connectivity index (χ4n) is 3.99. The van der Waals surface area contributed by atoms with Gasteiger partial charge in [0.25, 0.3) is 0 Å². The zero-order valence-corrected chi connectivity index (χ0v) is 23.9. The molecule has 5 rings (SSSR count). The molecule has 10 heteroatoms. The van der Waals surface area contributed by atoms with Gasteiger partial charge in [0.2, 0.25) is 5.91 Å². The third-order valence-corrected chi connectivity index (χ3v) is 8.79. The van der Waals surface area contributed by atoms with Crippen LogP contribution in [-0.2, 0) is 9.53 Å². The van der Waals surface area contributed by atoms with E-state index < -0.39 is 0 Å². The molecule has 1 amide bonds. The highest BCUT2D eigenvalue weighted by Gasteiger charge is 2.30. The van der Waals surface area contributed by atoms with Gasteiger partial charge < -0.3 is 15.4 Å². The first-order chi connectivity index (χ1) is 16.6. The minimum absolute atomic E-state index is 0.0493. The maximum Gasteiger partial charge on any atom is 0.228 e. The number of pyridine rings is 1. The number of hydrogen-bond acceptors (Lipinski definition) is 6. The molecular weight excluding hydrogens is 580 g/mol. The molecule has 7 nitrogen and oxygen atoms in total. The molecule has 1 saturated heterocycles. The number of ether oxygens (including phenoxy) is 1. The molecule has 182 valence electrons. The fourth-order valence-corrected chi connectivity index (χ4v) is 6.72. The Hall–Kier alpha value is -1.42. The van der Waals surface area contributed by atoms with E-state index >= 15 is 0 Å². The monoisotopic (exact) mass is 611 g/mol. The highest BCUT2D eigenvalue weighted by atomic mass is 127. The topological polar surface area (TPSA) is 81.1 Å². The Kier molecular flexibility index (Phi) is 8.71. The minimum atomic E-state index is 0.0493. The Balaban J connectivity index is 0.00000133. The van der Waals surface area contributed by atoms with Crippen LogP contribution in [0.3, 0.4) is 0 Å². The molecule has 3 heterocycles. The van der Waals surface area contributed by atoms with Gasteiger partial charge in [-0.2, -0.15) is 0 Å². The van der Waals surface area contributed by atoms with E-state index in [2.05, 4.69) is 61.5 Å². The van der Waals surface area contributed by atoms with Gasteiger partial charge in [-0.05, 0) is 78.6 Å². The normalized spacial score (nSPS) is 17.7. The van der Waals surface area contributed by atoms with E-state index in [0.717, 1.165) is 65.5 Å². The van der Waals surface area contributed by atoms with Gasteiger partial charge in [-0.1, -0.05) is 19.9 Å². The van der Waals surface area contributed by atoms with E-state index in [1.807, 2.05) is 26.8 Å². The predicted octanol–water partition coefficient (Wildman–Crippen LogP) is 7.22. The van der Waals surface area contributed by atoms with Crippen molar-refractivity contribution in [2.24, 2.45) is 5.92 Å². The zero-order valence-electron chi connectivity index (χ0n) is 19.9. The first kappa shape index (κ1) is 25.7. The summed E-state index contributed by atoms with van der Waals surface area (Å²) in [5, 5.41) is 6.58. The van der Waals surface area contributed by atoms with Crippen LogP contribution in [0, 0.1) is 12.8 Å². The summed E-state index contributed by atoms with van der Waals surface area (Å²) in [6, 6.07) is 8.37. The van der Waals surface area contributed by atoms with Gasteiger partial charge >= 0.3 is 0 Å². The summed E-state index contributed by atoms with van der Waals surface area (Å²) in [7, 11) is 0. The van der Waals surface area contributed by atoms with Gasteiger partial charge in [0, 0.05) is 23.5 Å². The van der Waals surface area contributed by atoms with Crippen molar-refractivity contribution in [3.63, 3.8) is 0 Å². The Bertz CT molecular complexity index is 1180. The van der Waals surface area contributed by atoms with Gasteiger partial charge in [-0.3, -0.25) is 9.13 Å². The predicted molar refractivity (Wildman–Crippen MR) is 152 cm³/mol. The molecule has 1 saturated carbocycles. The maximum absolute atomic E-state index is 12.4. The van der Waals surface area contributed by atoms with Crippen LogP contribution < -0.4 is 10.6 Å². The number of nitrogens with one attached hydrogen (secondary N) is 2. The fraction of sp³-hybridized carbons (Fsp3) is 0.458. The van der Waals surface area contributed by atoms with Crippen molar-refractivity contribution in [1.82, 2.24) is 14.3 Å². The molecular formula is C24H31IN5O2PS. The van der Waals surface area contributed by atoms with Gasteiger partial charge in [-0.25, -0.2) is 9.97 Å². The molecule has 2 atom stereocenters. The van der Waals surface area contributed by atoms with Crippen molar-refractivity contribution in [2.75, 3.05) is 23.5 Å². The molecule has 2 aromatic heterocycles. The number of aromatic nitrogens is 3. The Morgan fingerprint density at radius 2 is 2.00 bits per heavy atom. The Morgan fingerprint density at radius 3 is 2.65 bits per heavy atom. The number of hydrogen-bond donors (Lipinski definition) is 2. The lowest BCUT2D eigenvalue weighted by Crippen LogP contribution is -2.14. The third kappa shape index (κ3) is 5.53. The van der Waals surface area contributed by atoms with Crippen LogP contribution in [0.25, 0.3) is 11.2 Å². The summed E-state index contributed by atoms with van der Waals surface area (Å²) in [4.78, 5) is 23.1. The molecule has 1 aromatic carbocycles. The average Bonchev–Trinajstić information content (AvgIpc) is 3.46. The highest BCUT2D eigenvalue weighted by molar-refractivity contribution is 14.2. The van der Waals surface area contributed by atoms with E-state index in [1.165, 1.54) is 5.56 Å². The molecule has 0 radical (unpaired) electrons. The summed E-state index contributed by atoms with van der Waals surface area (Å²) in [5.41, 5.74) is 4.67. The molecule has 0 spiro atoms. The standard InChI is InChI=1S/C22H25IN5O2PS.C2H6/c1-12-24-20-16(11-19(26-21(20)28(12)31-23)27-22(29)13-5-6-13)25-15-8-7-14(10-18(15)32-2)17-4-3-9-30-17;1-2/h7-8,10-11,13,17,31H,3-6,9H2,1-2H3,(H2,25,26,27,29);1-2H3. The van der Waals surface area contributed by atoms with Crippen LogP contribution in [0.15, 0.2) is 29.2 Å². The average molecular weight is 611 g/mol. The summed E-state index contributed by atoms with van der Waals surface area (Å²) in [6.07, 6.45) is 6.85. The van der Waals surface area contributed by atoms with Crippen LogP contribution in [-0.4, -0.2) is 33.1 Å². The van der Waals surface area contributed by atoms with Crippen LogP contribution in [0.4, 0.5) is 17.2 Å². The second-order valence-electron chi connectivity index (χ2n) is 8.16. The van der Waals surface area contributed by atoms with Gasteiger partial charge in [0.05, 0.1) is 23.9 Å². The summed E-state index contributed by atoms with van der Waals surface area (Å²) in [6.45, 7) is 6.83. The van der Waals surface area contributed by atoms with E-state index in [4.69, 9.17) is 14.7 Å². The Morgan fingerprint density at radius 1 is 1.21 bits per heavy atom. The number of benzene rings is 1. The lowest BCUT2D eigenvalue weighted by Gasteiger charge is -2.16. The number of nitrogens with zero attached hydrogens (tertiary/aromatic N) is 3. The zero-order chi connectivity index (χ0) is 24.2. The lowest BCUT2D eigenvalue weighted by molar-refractivity contribution is -0.117. The number of carbonyl (C=O) groups excluding carboxylic acids is 1. The SMILES string of the molecule is CC.CSc1cc(C2CCCO2)ccc1Nc1cc(NC(=O)C2CC2)nc2c1nc(C)n2PI. The largest absolute Gasteiger partial charge is 0.374 e. The van der Waals surface area contributed by atoms with Crippen molar-refractivity contribution in [2.45, 2.75) is 57.5 Å². The number of halogens is 1. The van der Waals surface area contributed by atoms with Crippen LogP contribution in [0.1, 0.15) is 57.0 Å². The smallest absolute Gasteiger partial charge is 0.228 e. The summed E-state index contributed by atoms with van der Waals surface area (Å²) < 4.78 is 7.96. The number of amides is 1. The number of carbonyl (C=O) groups is 1. The first-order valence-corrected chi connectivity index (χ1v) is 17.0. The number of thioether (sulfide) groups is 1. The molecule has 2 N–H and O–H groups in total. The van der Waals surface area contributed by atoms with E-state index in [1.54, 1.807) is 11.8 Å². The molecule has 1 aliphatic carbocycles. The van der Waals surface area contributed by atoms with E-state index in [-0.39, 0.29) is 17.9 Å². The lowest BCUT2D eigenvalue weighted by atomic mass is 10.1. The molecule has 2 aliphatic rings. The number of rotatable bonds is 7. The second kappa shape index (κ2) is 11.5. The van der Waals surface area contributed by atoms with Crippen molar-refractivity contribution in [3.05, 3.63) is 35.7 Å². The Labute approximate surface area is 219 Å². The van der Waals surface area contributed by atoms with Crippen LogP contribution in [0.5, 0.6) is 0 Å². The van der Waals surface area contributed by atoms with E-state index in [9.17, 15) is 4.79 Å². The quantitative estimate of drug-likeness (QED) is 0.167. The minimum Gasteiger partial charge on any atom is -0.374 e. The molecule has 1 aliphatic heterocycles. The molecule has 34 heavy (non-hydrogen) atoms. The molecule has 2 fully saturated rings. The van der Waals surface area contributed by atoms with Crippen LogP contribution >= 0.6 is 40.2 Å². The van der Waals surface area contributed by atoms with Crippen molar-refractivity contribution in [3.8, 4) is 0 Å². The maximum atomic E-state index is 12.4. The van der Waals surface area contributed by atoms with Gasteiger partial charge in [-0.15, -0.1) is 11.8 Å². The van der Waals surface area contributed by atoms with Crippen LogP contribution in [0.2, 0.25) is 0 Å². The van der Waals surface area contributed by atoms with Gasteiger partial charge in [0.1, 0.15) is 17.2 Å². The first-order valence-electron chi connectivity index (χ1n) is 11.7. The molecule has 3 aromatic rings. The second-order valence-corrected chi connectivity index (χ2v) is 11.1. The number of imidazole rings is 1. The van der Waals surface area contributed by atoms with E-state index in [0.29, 0.717) is 12.2 Å². The molecule has 0 bridgehead atoms. The van der Waals surface area contributed by atoms with Crippen molar-refractivity contribution in [1.29, 1.82) is 0 Å². The third-order valence-electron chi connectivity index (χ3n) is 5.86. The number of fused-ring (bicyclic) bond motifs is 1.